The summed E-state index contributed by atoms with van der Waals surface area (Å²) in [5.41, 5.74) is 5.77. The van der Waals surface area contributed by atoms with Gasteiger partial charge < -0.3 is 14.0 Å². The number of carbonyl (C=O) groups excluding carboxylic acids is 1. The van der Waals surface area contributed by atoms with Crippen molar-refractivity contribution < 1.29 is 27.1 Å². The van der Waals surface area contributed by atoms with Gasteiger partial charge in [0.2, 0.25) is 0 Å². The number of sulfonamides is 1. The number of carbonyl (C=O) groups is 1. The third-order valence-corrected chi connectivity index (χ3v) is 8.39. The van der Waals surface area contributed by atoms with Crippen molar-refractivity contribution in [2.45, 2.75) is 18.7 Å². The number of hydrogen-bond donors (Lipinski definition) is 1. The van der Waals surface area contributed by atoms with E-state index in [1.165, 1.54) is 50.8 Å². The van der Waals surface area contributed by atoms with Crippen LogP contribution in [0.3, 0.4) is 0 Å². The van der Waals surface area contributed by atoms with Crippen molar-refractivity contribution in [3.8, 4) is 17.2 Å². The van der Waals surface area contributed by atoms with Gasteiger partial charge in [-0.15, -0.1) is 0 Å². The molecule has 0 fully saturated rings. The van der Waals surface area contributed by atoms with Crippen molar-refractivity contribution in [1.82, 2.24) is 9.99 Å². The van der Waals surface area contributed by atoms with Gasteiger partial charge in [-0.1, -0.05) is 23.7 Å². The Labute approximate surface area is 242 Å². The first-order valence-electron chi connectivity index (χ1n) is 12.3. The fraction of sp³-hybridized carbons (Fsp3) is 0.172. The normalized spacial score (nSPS) is 11.5. The number of ether oxygens (including phenoxy) is 2. The Morgan fingerprint density at radius 2 is 1.71 bits per heavy atom. The van der Waals surface area contributed by atoms with Crippen LogP contribution in [0.1, 0.15) is 17.0 Å². The quantitative estimate of drug-likeness (QED) is 0.198. The fourth-order valence-corrected chi connectivity index (χ4v) is 5.95. The van der Waals surface area contributed by atoms with Gasteiger partial charge in [0.05, 0.1) is 41.7 Å². The molecule has 9 nitrogen and oxygen atoms in total. The van der Waals surface area contributed by atoms with E-state index in [2.05, 4.69) is 10.5 Å². The third kappa shape index (κ3) is 6.36. The average Bonchev–Trinajstić information content (AvgIpc) is 3.24. The summed E-state index contributed by atoms with van der Waals surface area (Å²) >= 11 is 6.38. The molecule has 1 amide bonds. The summed E-state index contributed by atoms with van der Waals surface area (Å²) in [6.07, 6.45) is 1.47. The standard InChI is InChI=1S/C29H28ClFN4O5S/c1-19-15-21(20(2)35(19)26-8-6-5-7-25(26)30)17-32-33-29(36)18-34(23-11-9-22(31)10-12-23)41(37,38)24-13-14-27(39-3)28(16-24)40-4/h5-17H,18H2,1-4H3,(H,33,36)/b32-17-. The molecule has 0 saturated heterocycles. The summed E-state index contributed by atoms with van der Waals surface area (Å²) in [6.45, 7) is 3.19. The smallest absolute Gasteiger partial charge is 0.264 e. The van der Waals surface area contributed by atoms with E-state index in [1.54, 1.807) is 6.07 Å². The molecule has 214 valence electrons. The second kappa shape index (κ2) is 12.4. The van der Waals surface area contributed by atoms with Crippen molar-refractivity contribution >= 4 is 39.4 Å². The van der Waals surface area contributed by atoms with Crippen LogP contribution in [0.15, 0.2) is 82.8 Å². The molecule has 0 aliphatic rings. The number of amides is 1. The zero-order chi connectivity index (χ0) is 29.7. The topological polar surface area (TPSA) is 102 Å². The molecule has 0 spiro atoms. The van der Waals surface area contributed by atoms with Gasteiger partial charge in [0, 0.05) is 23.0 Å². The molecule has 12 heteroatoms. The maximum Gasteiger partial charge on any atom is 0.264 e. The van der Waals surface area contributed by atoms with Crippen molar-refractivity contribution in [1.29, 1.82) is 0 Å². The first kappa shape index (κ1) is 29.6. The van der Waals surface area contributed by atoms with Crippen LogP contribution >= 0.6 is 11.6 Å². The number of para-hydroxylation sites is 1. The van der Waals surface area contributed by atoms with Gasteiger partial charge >= 0.3 is 0 Å². The second-order valence-corrected chi connectivity index (χ2v) is 11.2. The molecule has 0 atom stereocenters. The summed E-state index contributed by atoms with van der Waals surface area (Å²) < 4.78 is 54.2. The molecule has 41 heavy (non-hydrogen) atoms. The molecule has 0 aliphatic carbocycles. The van der Waals surface area contributed by atoms with Gasteiger partial charge in [-0.05, 0) is 68.4 Å². The highest BCUT2D eigenvalue weighted by molar-refractivity contribution is 7.92. The van der Waals surface area contributed by atoms with Crippen LogP contribution in [-0.4, -0.2) is 45.9 Å². The van der Waals surface area contributed by atoms with E-state index < -0.39 is 28.3 Å². The molecule has 1 N–H and O–H groups in total. The Morgan fingerprint density at radius 3 is 2.37 bits per heavy atom. The number of hydrazone groups is 1. The Balaban J connectivity index is 1.59. The molecule has 0 bridgehead atoms. The molecule has 4 aromatic rings. The highest BCUT2D eigenvalue weighted by Crippen LogP contribution is 2.32. The Bertz CT molecular complexity index is 1700. The second-order valence-electron chi connectivity index (χ2n) is 8.91. The lowest BCUT2D eigenvalue weighted by atomic mass is 10.2. The van der Waals surface area contributed by atoms with Gasteiger partial charge in [0.1, 0.15) is 12.4 Å². The number of anilines is 1. The van der Waals surface area contributed by atoms with Crippen LogP contribution in [0.2, 0.25) is 5.02 Å². The number of aryl methyl sites for hydroxylation is 1. The lowest BCUT2D eigenvalue weighted by Gasteiger charge is -2.24. The van der Waals surface area contributed by atoms with Crippen molar-refractivity contribution in [3.05, 3.63) is 101 Å². The summed E-state index contributed by atoms with van der Waals surface area (Å²) in [7, 11) is -1.49. The number of nitrogens with zero attached hydrogens (tertiary/aromatic N) is 3. The maximum atomic E-state index is 13.7. The highest BCUT2D eigenvalue weighted by atomic mass is 35.5. The van der Waals surface area contributed by atoms with E-state index in [0.717, 1.165) is 39.1 Å². The maximum absolute atomic E-state index is 13.7. The summed E-state index contributed by atoms with van der Waals surface area (Å²) in [6, 6.07) is 18.1. The van der Waals surface area contributed by atoms with Gasteiger partial charge in [-0.25, -0.2) is 18.2 Å². The van der Waals surface area contributed by atoms with Crippen molar-refractivity contribution in [2.24, 2.45) is 5.10 Å². The van der Waals surface area contributed by atoms with Crippen LogP contribution in [0.4, 0.5) is 10.1 Å². The van der Waals surface area contributed by atoms with E-state index in [-0.39, 0.29) is 16.3 Å². The molecular formula is C29H28ClFN4O5S. The first-order chi connectivity index (χ1) is 19.6. The van der Waals surface area contributed by atoms with Gasteiger partial charge in [-0.2, -0.15) is 5.10 Å². The highest BCUT2D eigenvalue weighted by Gasteiger charge is 2.28. The van der Waals surface area contributed by atoms with Crippen LogP contribution in [0.5, 0.6) is 11.5 Å². The zero-order valence-corrected chi connectivity index (χ0v) is 24.3. The molecule has 3 aromatic carbocycles. The lowest BCUT2D eigenvalue weighted by molar-refractivity contribution is -0.119. The molecular weight excluding hydrogens is 571 g/mol. The van der Waals surface area contributed by atoms with Crippen LogP contribution in [0, 0.1) is 19.7 Å². The third-order valence-electron chi connectivity index (χ3n) is 6.30. The van der Waals surface area contributed by atoms with Gasteiger partial charge in [0.15, 0.2) is 11.5 Å². The van der Waals surface area contributed by atoms with E-state index in [0.29, 0.717) is 10.8 Å². The first-order valence-corrected chi connectivity index (χ1v) is 14.1. The molecule has 0 unspecified atom stereocenters. The van der Waals surface area contributed by atoms with Crippen LogP contribution < -0.4 is 19.2 Å². The van der Waals surface area contributed by atoms with E-state index >= 15 is 0 Å². The summed E-state index contributed by atoms with van der Waals surface area (Å²) in [4.78, 5) is 12.8. The van der Waals surface area contributed by atoms with E-state index in [1.807, 2.05) is 42.7 Å². The SMILES string of the molecule is COc1ccc(S(=O)(=O)N(CC(=O)N/N=C\c2cc(C)n(-c3ccccc3Cl)c2C)c2ccc(F)cc2)cc1OC. The average molecular weight is 599 g/mol. The molecule has 4 rings (SSSR count). The number of methoxy groups -OCH3 is 2. The minimum atomic E-state index is -4.29. The molecule has 1 heterocycles. The van der Waals surface area contributed by atoms with E-state index in [9.17, 15) is 17.6 Å². The lowest BCUT2D eigenvalue weighted by Crippen LogP contribution is -2.39. The summed E-state index contributed by atoms with van der Waals surface area (Å²) in [5.74, 6) is -0.743. The predicted molar refractivity (Wildman–Crippen MR) is 156 cm³/mol. The van der Waals surface area contributed by atoms with Crippen molar-refractivity contribution in [2.75, 3.05) is 25.1 Å². The molecule has 0 saturated carbocycles. The van der Waals surface area contributed by atoms with E-state index in [4.69, 9.17) is 21.1 Å². The number of nitrogens with one attached hydrogen (secondary N) is 1. The number of hydrogen-bond acceptors (Lipinski definition) is 6. The largest absolute Gasteiger partial charge is 0.493 e. The molecule has 0 radical (unpaired) electrons. The molecule has 1 aromatic heterocycles. The van der Waals surface area contributed by atoms with Gasteiger partial charge in [0.25, 0.3) is 15.9 Å². The molecule has 0 aliphatic heterocycles. The number of benzene rings is 3. The monoisotopic (exact) mass is 598 g/mol. The fourth-order valence-electron chi connectivity index (χ4n) is 4.29. The number of rotatable bonds is 10. The Morgan fingerprint density at radius 1 is 1.02 bits per heavy atom. The zero-order valence-electron chi connectivity index (χ0n) is 22.8. The van der Waals surface area contributed by atoms with Crippen LogP contribution in [0.25, 0.3) is 5.69 Å². The summed E-state index contributed by atoms with van der Waals surface area (Å²) in [5, 5.41) is 4.64. The minimum Gasteiger partial charge on any atom is -0.493 e. The van der Waals surface area contributed by atoms with Gasteiger partial charge in [-0.3, -0.25) is 9.10 Å². The predicted octanol–water partition coefficient (Wildman–Crippen LogP) is 5.25. The van der Waals surface area contributed by atoms with Crippen LogP contribution in [-0.2, 0) is 14.8 Å². The van der Waals surface area contributed by atoms with Crippen molar-refractivity contribution in [3.63, 3.8) is 0 Å². The Kier molecular flexibility index (Phi) is 8.99. The number of halogens is 2. The minimum absolute atomic E-state index is 0.0867. The Hall–Kier alpha value is -4.35. The number of aromatic nitrogens is 1.